The molecule has 1 fully saturated rings. The van der Waals surface area contributed by atoms with Gasteiger partial charge in [-0.1, -0.05) is 13.3 Å². The summed E-state index contributed by atoms with van der Waals surface area (Å²) in [7, 11) is 0. The van der Waals surface area contributed by atoms with Gasteiger partial charge in [-0.3, -0.25) is 4.79 Å². The maximum Gasteiger partial charge on any atom is 0.320 e. The summed E-state index contributed by atoms with van der Waals surface area (Å²) >= 11 is 0. The number of urea groups is 1. The van der Waals surface area contributed by atoms with Crippen molar-refractivity contribution >= 4 is 12.0 Å². The lowest BCUT2D eigenvalue weighted by Crippen LogP contribution is -2.50. The fourth-order valence-corrected chi connectivity index (χ4v) is 2.76. The molecule has 0 aromatic heterocycles. The van der Waals surface area contributed by atoms with E-state index in [2.05, 4.69) is 6.92 Å². The predicted octanol–water partition coefficient (Wildman–Crippen LogP) is 2.95. The second-order valence-corrected chi connectivity index (χ2v) is 5.49. The molecule has 1 unspecified atom stereocenters. The molecule has 0 aliphatic carbocycles. The van der Waals surface area contributed by atoms with Gasteiger partial charge in [0.1, 0.15) is 0 Å². The number of carboxylic acid groups (broad SMARTS) is 1. The third kappa shape index (κ3) is 5.02. The van der Waals surface area contributed by atoms with Gasteiger partial charge in [0.15, 0.2) is 0 Å². The first-order chi connectivity index (χ1) is 9.60. The Morgan fingerprint density at radius 2 is 2.05 bits per heavy atom. The minimum Gasteiger partial charge on any atom is -0.481 e. The van der Waals surface area contributed by atoms with Crippen molar-refractivity contribution in [3.8, 4) is 0 Å². The fraction of sp³-hybridized carbons (Fsp3) is 0.867. The normalized spacial score (nSPS) is 18.9. The average Bonchev–Trinajstić information content (AvgIpc) is 2.46. The second kappa shape index (κ2) is 8.82. The Labute approximate surface area is 121 Å². The third-order valence-corrected chi connectivity index (χ3v) is 4.00. The Balaban J connectivity index is 2.62. The number of carbonyl (C=O) groups excluding carboxylic acids is 1. The van der Waals surface area contributed by atoms with Crippen molar-refractivity contribution in [3.05, 3.63) is 0 Å². The van der Waals surface area contributed by atoms with Crippen LogP contribution in [0, 0.1) is 0 Å². The Morgan fingerprint density at radius 3 is 2.65 bits per heavy atom. The fourth-order valence-electron chi connectivity index (χ4n) is 2.76. The van der Waals surface area contributed by atoms with Gasteiger partial charge < -0.3 is 14.9 Å². The minimum absolute atomic E-state index is 0.0936. The number of carbonyl (C=O) groups is 2. The molecule has 20 heavy (non-hydrogen) atoms. The number of carboxylic acids is 1. The zero-order valence-electron chi connectivity index (χ0n) is 12.8. The standard InChI is InChI=1S/C15H28N2O3/c1-3-5-11-16(4-2)15(20)17-12-7-6-8-13(17)9-10-14(18)19/h13H,3-12H2,1-2H3,(H,18,19). The molecule has 1 aliphatic rings. The van der Waals surface area contributed by atoms with Crippen molar-refractivity contribution in [2.45, 2.75) is 64.8 Å². The molecule has 5 heteroatoms. The van der Waals surface area contributed by atoms with Gasteiger partial charge in [0.05, 0.1) is 0 Å². The minimum atomic E-state index is -0.777. The summed E-state index contributed by atoms with van der Waals surface area (Å²) in [5, 5.41) is 8.83. The molecule has 1 N–H and O–H groups in total. The first-order valence-electron chi connectivity index (χ1n) is 7.87. The van der Waals surface area contributed by atoms with Gasteiger partial charge in [-0.05, 0) is 39.0 Å². The number of amides is 2. The molecule has 0 aromatic carbocycles. The third-order valence-electron chi connectivity index (χ3n) is 4.00. The summed E-state index contributed by atoms with van der Waals surface area (Å²) in [6.07, 6.45) is 5.88. The van der Waals surface area contributed by atoms with Crippen molar-refractivity contribution in [2.75, 3.05) is 19.6 Å². The van der Waals surface area contributed by atoms with Gasteiger partial charge in [0.2, 0.25) is 0 Å². The van der Waals surface area contributed by atoms with Crippen molar-refractivity contribution < 1.29 is 14.7 Å². The van der Waals surface area contributed by atoms with Gasteiger partial charge in [0.25, 0.3) is 0 Å². The highest BCUT2D eigenvalue weighted by molar-refractivity contribution is 5.75. The van der Waals surface area contributed by atoms with Crippen LogP contribution in [0.15, 0.2) is 0 Å². The van der Waals surface area contributed by atoms with Crippen LogP contribution in [0.5, 0.6) is 0 Å². The number of nitrogens with zero attached hydrogens (tertiary/aromatic N) is 2. The summed E-state index contributed by atoms with van der Waals surface area (Å²) in [6, 6.07) is 0.194. The van der Waals surface area contributed by atoms with Crippen LogP contribution in [0.2, 0.25) is 0 Å². The SMILES string of the molecule is CCCCN(CC)C(=O)N1CCCCC1CCC(=O)O. The molecule has 0 aromatic rings. The van der Waals surface area contributed by atoms with E-state index in [-0.39, 0.29) is 18.5 Å². The molecule has 5 nitrogen and oxygen atoms in total. The van der Waals surface area contributed by atoms with E-state index in [9.17, 15) is 9.59 Å². The lowest BCUT2D eigenvalue weighted by Gasteiger charge is -2.39. The van der Waals surface area contributed by atoms with Crippen LogP contribution in [0.25, 0.3) is 0 Å². The molecule has 0 bridgehead atoms. The largest absolute Gasteiger partial charge is 0.481 e. The van der Waals surface area contributed by atoms with E-state index >= 15 is 0 Å². The van der Waals surface area contributed by atoms with E-state index in [4.69, 9.17) is 5.11 Å². The van der Waals surface area contributed by atoms with E-state index in [1.165, 1.54) is 0 Å². The highest BCUT2D eigenvalue weighted by Crippen LogP contribution is 2.22. The maximum absolute atomic E-state index is 12.6. The zero-order chi connectivity index (χ0) is 15.0. The molecule has 1 heterocycles. The monoisotopic (exact) mass is 284 g/mol. The molecule has 0 radical (unpaired) electrons. The number of piperidine rings is 1. The molecular formula is C15H28N2O3. The Morgan fingerprint density at radius 1 is 1.30 bits per heavy atom. The first-order valence-corrected chi connectivity index (χ1v) is 7.87. The van der Waals surface area contributed by atoms with E-state index in [1.54, 1.807) is 0 Å². The summed E-state index contributed by atoms with van der Waals surface area (Å²) < 4.78 is 0. The van der Waals surface area contributed by atoms with Crippen molar-refractivity contribution in [3.63, 3.8) is 0 Å². The highest BCUT2D eigenvalue weighted by Gasteiger charge is 2.29. The molecule has 2 amide bonds. The number of hydrogen-bond donors (Lipinski definition) is 1. The second-order valence-electron chi connectivity index (χ2n) is 5.49. The van der Waals surface area contributed by atoms with E-state index in [0.29, 0.717) is 6.42 Å². The molecule has 0 spiro atoms. The van der Waals surface area contributed by atoms with Crippen LogP contribution in [-0.4, -0.2) is 52.6 Å². The first kappa shape index (κ1) is 16.8. The Kier molecular flexibility index (Phi) is 7.41. The smallest absolute Gasteiger partial charge is 0.320 e. The van der Waals surface area contributed by atoms with Crippen LogP contribution in [-0.2, 0) is 4.79 Å². The lowest BCUT2D eigenvalue weighted by atomic mass is 9.98. The molecule has 0 saturated carbocycles. The predicted molar refractivity (Wildman–Crippen MR) is 78.8 cm³/mol. The maximum atomic E-state index is 12.6. The van der Waals surface area contributed by atoms with Crippen LogP contribution in [0.1, 0.15) is 58.8 Å². The summed E-state index contributed by atoms with van der Waals surface area (Å²) in [5.74, 6) is -0.777. The van der Waals surface area contributed by atoms with Gasteiger partial charge in [0, 0.05) is 32.1 Å². The van der Waals surface area contributed by atoms with Crippen molar-refractivity contribution in [2.24, 2.45) is 0 Å². The molecule has 1 rings (SSSR count). The lowest BCUT2D eigenvalue weighted by molar-refractivity contribution is -0.137. The number of unbranched alkanes of at least 4 members (excludes halogenated alkanes) is 1. The summed E-state index contributed by atoms with van der Waals surface area (Å²) in [4.78, 5) is 27.1. The number of likely N-dealkylation sites (tertiary alicyclic amines) is 1. The Bertz CT molecular complexity index is 320. The van der Waals surface area contributed by atoms with Crippen molar-refractivity contribution in [1.29, 1.82) is 0 Å². The van der Waals surface area contributed by atoms with Gasteiger partial charge in [-0.25, -0.2) is 4.79 Å². The van der Waals surface area contributed by atoms with Gasteiger partial charge >= 0.3 is 12.0 Å². The van der Waals surface area contributed by atoms with Crippen LogP contribution in [0.3, 0.4) is 0 Å². The summed E-state index contributed by atoms with van der Waals surface area (Å²) in [5.41, 5.74) is 0. The van der Waals surface area contributed by atoms with Crippen molar-refractivity contribution in [1.82, 2.24) is 9.80 Å². The van der Waals surface area contributed by atoms with Gasteiger partial charge in [-0.2, -0.15) is 0 Å². The number of aliphatic carboxylic acids is 1. The van der Waals surface area contributed by atoms with Crippen LogP contribution in [0.4, 0.5) is 4.79 Å². The van der Waals surface area contributed by atoms with Gasteiger partial charge in [-0.15, -0.1) is 0 Å². The van der Waals surface area contributed by atoms with E-state index in [0.717, 1.165) is 51.7 Å². The van der Waals surface area contributed by atoms with Crippen LogP contribution < -0.4 is 0 Å². The number of rotatable bonds is 7. The molecule has 1 aliphatic heterocycles. The molecule has 1 saturated heterocycles. The zero-order valence-corrected chi connectivity index (χ0v) is 12.8. The molecular weight excluding hydrogens is 256 g/mol. The quantitative estimate of drug-likeness (QED) is 0.782. The Hall–Kier alpha value is -1.26. The summed E-state index contributed by atoms with van der Waals surface area (Å²) in [6.45, 7) is 6.42. The average molecular weight is 284 g/mol. The highest BCUT2D eigenvalue weighted by atomic mass is 16.4. The topological polar surface area (TPSA) is 60.9 Å². The molecule has 1 atom stereocenters. The van der Waals surface area contributed by atoms with E-state index < -0.39 is 5.97 Å². The number of hydrogen-bond acceptors (Lipinski definition) is 2. The van der Waals surface area contributed by atoms with E-state index in [1.807, 2.05) is 16.7 Å². The van der Waals surface area contributed by atoms with Crippen LogP contribution >= 0.6 is 0 Å². The molecule has 116 valence electrons.